The Morgan fingerprint density at radius 1 is 1.06 bits per heavy atom. The zero-order valence-electron chi connectivity index (χ0n) is 11.3. The Kier molecular flexibility index (Phi) is 3.62. The van der Waals surface area contributed by atoms with E-state index in [2.05, 4.69) is 39.0 Å². The van der Waals surface area contributed by atoms with Gasteiger partial charge < -0.3 is 10.5 Å². The molecule has 3 heteroatoms. The standard InChI is InChI=1S/C15H19NOS/c1-5-17-14-7-9(2)12(6-10(14)3)13-8-11(4)18-15(13)16/h6-8H,5,16H2,1-4H3. The van der Waals surface area contributed by atoms with Crippen LogP contribution in [-0.2, 0) is 0 Å². The van der Waals surface area contributed by atoms with Gasteiger partial charge in [-0.1, -0.05) is 0 Å². The van der Waals surface area contributed by atoms with Gasteiger partial charge in [0, 0.05) is 10.4 Å². The molecule has 0 spiro atoms. The fourth-order valence-electron chi connectivity index (χ4n) is 2.13. The predicted octanol–water partition coefficient (Wildman–Crippen LogP) is 4.32. The van der Waals surface area contributed by atoms with E-state index in [1.165, 1.54) is 16.0 Å². The van der Waals surface area contributed by atoms with Gasteiger partial charge in [0.15, 0.2) is 0 Å². The Morgan fingerprint density at radius 3 is 2.33 bits per heavy atom. The minimum absolute atomic E-state index is 0.694. The highest BCUT2D eigenvalue weighted by Gasteiger charge is 2.11. The number of hydrogen-bond donors (Lipinski definition) is 1. The first kappa shape index (κ1) is 13.0. The lowest BCUT2D eigenvalue weighted by Crippen LogP contribution is -1.96. The predicted molar refractivity (Wildman–Crippen MR) is 79.5 cm³/mol. The summed E-state index contributed by atoms with van der Waals surface area (Å²) in [5, 5.41) is 0.888. The van der Waals surface area contributed by atoms with Crippen LogP contribution in [0.25, 0.3) is 11.1 Å². The first-order chi connectivity index (χ1) is 8.52. The first-order valence-electron chi connectivity index (χ1n) is 6.13. The normalized spacial score (nSPS) is 10.7. The van der Waals surface area contributed by atoms with Crippen molar-refractivity contribution in [2.24, 2.45) is 0 Å². The molecular weight excluding hydrogens is 242 g/mol. The van der Waals surface area contributed by atoms with Crippen LogP contribution in [0, 0.1) is 20.8 Å². The summed E-state index contributed by atoms with van der Waals surface area (Å²) in [5.41, 5.74) is 10.8. The molecule has 0 fully saturated rings. The van der Waals surface area contributed by atoms with Crippen LogP contribution in [0.2, 0.25) is 0 Å². The maximum Gasteiger partial charge on any atom is 0.122 e. The van der Waals surface area contributed by atoms with E-state index in [0.717, 1.165) is 21.9 Å². The molecule has 2 aromatic rings. The third-order valence-corrected chi connectivity index (χ3v) is 3.88. The lowest BCUT2D eigenvalue weighted by molar-refractivity contribution is 0.337. The van der Waals surface area contributed by atoms with Crippen LogP contribution in [0.1, 0.15) is 22.9 Å². The molecule has 2 rings (SSSR count). The van der Waals surface area contributed by atoms with Gasteiger partial charge in [-0.05, 0) is 62.6 Å². The zero-order valence-corrected chi connectivity index (χ0v) is 12.1. The van der Waals surface area contributed by atoms with E-state index >= 15 is 0 Å². The fourth-order valence-corrected chi connectivity index (χ4v) is 2.94. The third kappa shape index (κ3) is 2.36. The minimum atomic E-state index is 0.694. The second-order valence-corrected chi connectivity index (χ2v) is 5.79. The van der Waals surface area contributed by atoms with E-state index in [0.29, 0.717) is 6.61 Å². The van der Waals surface area contributed by atoms with Gasteiger partial charge in [0.25, 0.3) is 0 Å². The molecule has 96 valence electrons. The van der Waals surface area contributed by atoms with Crippen molar-refractivity contribution in [1.29, 1.82) is 0 Å². The monoisotopic (exact) mass is 261 g/mol. The number of thiophene rings is 1. The van der Waals surface area contributed by atoms with E-state index < -0.39 is 0 Å². The number of rotatable bonds is 3. The van der Waals surface area contributed by atoms with E-state index in [1.54, 1.807) is 11.3 Å². The largest absolute Gasteiger partial charge is 0.494 e. The lowest BCUT2D eigenvalue weighted by Gasteiger charge is -2.12. The van der Waals surface area contributed by atoms with Gasteiger partial charge in [0.1, 0.15) is 5.75 Å². The average Bonchev–Trinajstić information content (AvgIpc) is 2.63. The van der Waals surface area contributed by atoms with Crippen LogP contribution in [0.5, 0.6) is 5.75 Å². The number of benzene rings is 1. The smallest absolute Gasteiger partial charge is 0.122 e. The summed E-state index contributed by atoms with van der Waals surface area (Å²) in [5.74, 6) is 0.962. The van der Waals surface area contributed by atoms with Crippen LogP contribution in [0.4, 0.5) is 5.00 Å². The van der Waals surface area contributed by atoms with Crippen molar-refractivity contribution in [3.05, 3.63) is 34.2 Å². The van der Waals surface area contributed by atoms with Crippen molar-refractivity contribution in [2.45, 2.75) is 27.7 Å². The summed E-state index contributed by atoms with van der Waals surface area (Å²) in [7, 11) is 0. The van der Waals surface area contributed by atoms with Crippen molar-refractivity contribution in [1.82, 2.24) is 0 Å². The molecule has 0 radical (unpaired) electrons. The number of aryl methyl sites for hydroxylation is 3. The molecule has 0 bridgehead atoms. The molecule has 0 aliphatic rings. The fraction of sp³-hybridized carbons (Fsp3) is 0.333. The van der Waals surface area contributed by atoms with E-state index in [-0.39, 0.29) is 0 Å². The molecule has 1 aromatic carbocycles. The Morgan fingerprint density at radius 2 is 1.78 bits per heavy atom. The van der Waals surface area contributed by atoms with E-state index in [4.69, 9.17) is 10.5 Å². The topological polar surface area (TPSA) is 35.2 Å². The maximum absolute atomic E-state index is 6.08. The molecule has 18 heavy (non-hydrogen) atoms. The minimum Gasteiger partial charge on any atom is -0.494 e. The Labute approximate surface area is 112 Å². The molecule has 0 saturated carbocycles. The maximum atomic E-state index is 6.08. The highest BCUT2D eigenvalue weighted by Crippen LogP contribution is 2.37. The molecule has 1 aromatic heterocycles. The molecule has 0 saturated heterocycles. The average molecular weight is 261 g/mol. The quantitative estimate of drug-likeness (QED) is 0.893. The Bertz CT molecular complexity index is 572. The number of anilines is 1. The molecule has 0 atom stereocenters. The van der Waals surface area contributed by atoms with Gasteiger partial charge in [-0.3, -0.25) is 0 Å². The van der Waals surface area contributed by atoms with Gasteiger partial charge in [-0.15, -0.1) is 11.3 Å². The van der Waals surface area contributed by atoms with Crippen LogP contribution < -0.4 is 10.5 Å². The van der Waals surface area contributed by atoms with Gasteiger partial charge in [0.05, 0.1) is 11.6 Å². The Balaban J connectivity index is 2.52. The molecule has 0 unspecified atom stereocenters. The van der Waals surface area contributed by atoms with Gasteiger partial charge in [0.2, 0.25) is 0 Å². The van der Waals surface area contributed by atoms with Crippen molar-refractivity contribution in [3.63, 3.8) is 0 Å². The van der Waals surface area contributed by atoms with Crippen LogP contribution in [0.3, 0.4) is 0 Å². The number of nitrogen functional groups attached to an aromatic ring is 1. The third-order valence-electron chi connectivity index (χ3n) is 3.00. The SMILES string of the molecule is CCOc1cc(C)c(-c2cc(C)sc2N)cc1C. The van der Waals surface area contributed by atoms with Crippen molar-refractivity contribution in [2.75, 3.05) is 12.3 Å². The van der Waals surface area contributed by atoms with Gasteiger partial charge in [-0.2, -0.15) is 0 Å². The van der Waals surface area contributed by atoms with E-state index in [9.17, 15) is 0 Å². The lowest BCUT2D eigenvalue weighted by atomic mass is 9.99. The Hall–Kier alpha value is -1.48. The molecule has 2 nitrogen and oxygen atoms in total. The van der Waals surface area contributed by atoms with Crippen LogP contribution in [0.15, 0.2) is 18.2 Å². The molecule has 0 amide bonds. The summed E-state index contributed by atoms with van der Waals surface area (Å²) in [6.45, 7) is 8.95. The number of hydrogen-bond acceptors (Lipinski definition) is 3. The first-order valence-corrected chi connectivity index (χ1v) is 6.95. The molecule has 1 heterocycles. The van der Waals surface area contributed by atoms with Crippen LogP contribution in [-0.4, -0.2) is 6.61 Å². The van der Waals surface area contributed by atoms with E-state index in [1.807, 2.05) is 6.92 Å². The van der Waals surface area contributed by atoms with Crippen molar-refractivity contribution in [3.8, 4) is 16.9 Å². The summed E-state index contributed by atoms with van der Waals surface area (Å²) in [6.07, 6.45) is 0. The summed E-state index contributed by atoms with van der Waals surface area (Å²) in [4.78, 5) is 1.24. The summed E-state index contributed by atoms with van der Waals surface area (Å²) in [6, 6.07) is 6.42. The number of nitrogens with two attached hydrogens (primary N) is 1. The molecule has 0 aliphatic carbocycles. The summed E-state index contributed by atoms with van der Waals surface area (Å²) < 4.78 is 5.62. The molecule has 0 aliphatic heterocycles. The highest BCUT2D eigenvalue weighted by atomic mass is 32.1. The van der Waals surface area contributed by atoms with Crippen molar-refractivity contribution >= 4 is 16.3 Å². The highest BCUT2D eigenvalue weighted by molar-refractivity contribution is 7.16. The van der Waals surface area contributed by atoms with Crippen molar-refractivity contribution < 1.29 is 4.74 Å². The second-order valence-electron chi connectivity index (χ2n) is 4.50. The van der Waals surface area contributed by atoms with Gasteiger partial charge >= 0.3 is 0 Å². The van der Waals surface area contributed by atoms with Crippen LogP contribution >= 0.6 is 11.3 Å². The van der Waals surface area contributed by atoms with Gasteiger partial charge in [-0.25, -0.2) is 0 Å². The second kappa shape index (κ2) is 5.02. The molecule has 2 N–H and O–H groups in total. The zero-order chi connectivity index (χ0) is 13.3. The molecular formula is C15H19NOS. The number of ether oxygens (including phenoxy) is 1. The summed E-state index contributed by atoms with van der Waals surface area (Å²) >= 11 is 1.64.